The minimum absolute atomic E-state index is 0.907. The molecule has 9 aromatic carbocycles. The Bertz CT molecular complexity index is 3800. The zero-order valence-electron chi connectivity index (χ0n) is 31.2. The lowest BCUT2D eigenvalue weighted by atomic mass is 9.97. The van der Waals surface area contributed by atoms with Crippen LogP contribution in [-0.2, 0) is 0 Å². The van der Waals surface area contributed by atoms with Gasteiger partial charge in [0.2, 0.25) is 0 Å². The van der Waals surface area contributed by atoms with Gasteiger partial charge >= 0.3 is 0 Å². The van der Waals surface area contributed by atoms with Crippen LogP contribution >= 0.6 is 11.3 Å². The zero-order valence-corrected chi connectivity index (χ0v) is 32.0. The van der Waals surface area contributed by atoms with Gasteiger partial charge in [0.25, 0.3) is 0 Å². The standard InChI is InChI=1S/C54H32N2OS/c1-2-15-33(16-3-1)56-46-26-8-4-17-35(46)39-22-12-23-40(52(39)56)38-21-14-28-48-51(38)43-20-5-9-27-47(43)55(48)34-31-44-37-19-7-11-30-50(37)58-54(44)45(32-34)42-25-13-24-41-36-18-6-10-29-49(36)57-53(41)42/h1-32H. The summed E-state index contributed by atoms with van der Waals surface area (Å²) < 4.78 is 14.2. The molecule has 0 N–H and O–H groups in total. The van der Waals surface area contributed by atoms with Crippen LogP contribution in [0.25, 0.3) is 119 Å². The average molecular weight is 757 g/mol. The highest BCUT2D eigenvalue weighted by molar-refractivity contribution is 7.26. The molecule has 0 saturated heterocycles. The molecule has 0 fully saturated rings. The molecule has 4 heterocycles. The lowest BCUT2D eigenvalue weighted by Crippen LogP contribution is -1.96. The van der Waals surface area contributed by atoms with Gasteiger partial charge in [-0.2, -0.15) is 0 Å². The van der Waals surface area contributed by atoms with Crippen molar-refractivity contribution < 1.29 is 4.42 Å². The van der Waals surface area contributed by atoms with Gasteiger partial charge in [0.1, 0.15) is 11.2 Å². The largest absolute Gasteiger partial charge is 0.455 e. The fraction of sp³-hybridized carbons (Fsp3) is 0. The molecular formula is C54H32N2OS. The third-order valence-electron chi connectivity index (χ3n) is 12.1. The summed E-state index contributed by atoms with van der Waals surface area (Å²) in [5.74, 6) is 0. The minimum atomic E-state index is 0.907. The lowest BCUT2D eigenvalue weighted by molar-refractivity contribution is 0.670. The van der Waals surface area contributed by atoms with E-state index in [1.54, 1.807) is 0 Å². The van der Waals surface area contributed by atoms with Crippen molar-refractivity contribution in [3.8, 4) is 33.6 Å². The van der Waals surface area contributed by atoms with Crippen LogP contribution in [0.15, 0.2) is 199 Å². The summed E-state index contributed by atoms with van der Waals surface area (Å²) in [5, 5.41) is 9.76. The van der Waals surface area contributed by atoms with Crippen LogP contribution in [0.1, 0.15) is 0 Å². The summed E-state index contributed by atoms with van der Waals surface area (Å²) in [5.41, 5.74) is 13.6. The van der Waals surface area contributed by atoms with E-state index in [1.165, 1.54) is 80.5 Å². The first-order chi connectivity index (χ1) is 28.8. The second kappa shape index (κ2) is 12.1. The van der Waals surface area contributed by atoms with E-state index in [0.717, 1.165) is 38.9 Å². The molecule has 3 nitrogen and oxygen atoms in total. The number of thiophene rings is 1. The average Bonchev–Trinajstić information content (AvgIpc) is 4.04. The Labute approximate surface area is 336 Å². The monoisotopic (exact) mass is 756 g/mol. The molecule has 0 atom stereocenters. The van der Waals surface area contributed by atoms with Crippen LogP contribution < -0.4 is 0 Å². The molecule has 0 unspecified atom stereocenters. The van der Waals surface area contributed by atoms with Gasteiger partial charge in [-0.05, 0) is 60.2 Å². The highest BCUT2D eigenvalue weighted by Gasteiger charge is 2.23. The molecule has 270 valence electrons. The predicted molar refractivity (Wildman–Crippen MR) is 246 cm³/mol. The van der Waals surface area contributed by atoms with Gasteiger partial charge in [-0.25, -0.2) is 0 Å². The number of fused-ring (bicyclic) bond motifs is 12. The Hall–Kier alpha value is -7.40. The Morgan fingerprint density at radius 1 is 0.362 bits per heavy atom. The topological polar surface area (TPSA) is 23.0 Å². The van der Waals surface area contributed by atoms with Crippen molar-refractivity contribution in [2.75, 3.05) is 0 Å². The molecule has 0 aliphatic carbocycles. The first-order valence-electron chi connectivity index (χ1n) is 19.8. The van der Waals surface area contributed by atoms with Crippen LogP contribution in [0.3, 0.4) is 0 Å². The summed E-state index contributed by atoms with van der Waals surface area (Å²) in [6, 6.07) is 70.6. The molecule has 4 heteroatoms. The number of benzene rings is 9. The van der Waals surface area contributed by atoms with E-state index in [1.807, 2.05) is 17.4 Å². The Morgan fingerprint density at radius 3 is 1.84 bits per heavy atom. The molecule has 0 aliphatic rings. The summed E-state index contributed by atoms with van der Waals surface area (Å²) in [7, 11) is 0. The van der Waals surface area contributed by atoms with Crippen LogP contribution in [0, 0.1) is 0 Å². The van der Waals surface area contributed by atoms with Crippen molar-refractivity contribution in [1.29, 1.82) is 0 Å². The molecule has 0 amide bonds. The molecule has 4 aromatic heterocycles. The number of furan rings is 1. The normalized spacial score (nSPS) is 12.1. The maximum atomic E-state index is 6.69. The molecule has 0 saturated carbocycles. The molecule has 58 heavy (non-hydrogen) atoms. The van der Waals surface area contributed by atoms with Crippen LogP contribution in [0.4, 0.5) is 0 Å². The summed E-state index contributed by atoms with van der Waals surface area (Å²) >= 11 is 1.86. The quantitative estimate of drug-likeness (QED) is 0.175. The number of hydrogen-bond acceptors (Lipinski definition) is 2. The van der Waals surface area contributed by atoms with Crippen LogP contribution in [-0.4, -0.2) is 9.13 Å². The summed E-state index contributed by atoms with van der Waals surface area (Å²) in [6.45, 7) is 0. The highest BCUT2D eigenvalue weighted by atomic mass is 32.1. The Balaban J connectivity index is 1.14. The van der Waals surface area contributed by atoms with Crippen molar-refractivity contribution in [3.63, 3.8) is 0 Å². The van der Waals surface area contributed by atoms with Crippen molar-refractivity contribution in [1.82, 2.24) is 9.13 Å². The smallest absolute Gasteiger partial charge is 0.143 e. The fourth-order valence-corrected chi connectivity index (χ4v) is 10.9. The number of aromatic nitrogens is 2. The second-order valence-corrected chi connectivity index (χ2v) is 16.2. The van der Waals surface area contributed by atoms with Gasteiger partial charge < -0.3 is 13.6 Å². The van der Waals surface area contributed by atoms with Gasteiger partial charge in [-0.3, -0.25) is 0 Å². The van der Waals surface area contributed by atoms with E-state index in [2.05, 4.69) is 197 Å². The molecule has 13 aromatic rings. The first-order valence-corrected chi connectivity index (χ1v) is 20.6. The van der Waals surface area contributed by atoms with Crippen molar-refractivity contribution in [3.05, 3.63) is 194 Å². The molecule has 0 spiro atoms. The summed E-state index contributed by atoms with van der Waals surface area (Å²) in [6.07, 6.45) is 0. The molecule has 13 rings (SSSR count). The van der Waals surface area contributed by atoms with E-state index >= 15 is 0 Å². The molecular weight excluding hydrogens is 725 g/mol. The van der Waals surface area contributed by atoms with Crippen LogP contribution in [0.2, 0.25) is 0 Å². The van der Waals surface area contributed by atoms with E-state index < -0.39 is 0 Å². The third kappa shape index (κ3) is 4.38. The van der Waals surface area contributed by atoms with Gasteiger partial charge in [0.15, 0.2) is 0 Å². The fourth-order valence-electron chi connectivity index (χ4n) is 9.70. The SMILES string of the molecule is c1ccc(-n2c3ccccc3c3cccc(-c4cccc5c4c4ccccc4n5-c4cc(-c5cccc6c5oc5ccccc56)c5sc6ccccc6c5c4)c32)cc1. The summed E-state index contributed by atoms with van der Waals surface area (Å²) in [4.78, 5) is 0. The molecule has 0 aliphatic heterocycles. The van der Waals surface area contributed by atoms with Crippen molar-refractivity contribution in [2.45, 2.75) is 0 Å². The molecule has 0 bridgehead atoms. The number of para-hydroxylation sites is 6. The molecule has 0 radical (unpaired) electrons. The van der Waals surface area contributed by atoms with E-state index in [9.17, 15) is 0 Å². The van der Waals surface area contributed by atoms with Gasteiger partial charge in [0.05, 0.1) is 22.1 Å². The second-order valence-electron chi connectivity index (χ2n) is 15.2. The van der Waals surface area contributed by atoms with E-state index in [4.69, 9.17) is 4.42 Å². The van der Waals surface area contributed by atoms with E-state index in [0.29, 0.717) is 0 Å². The van der Waals surface area contributed by atoms with Crippen molar-refractivity contribution in [2.24, 2.45) is 0 Å². The lowest BCUT2D eigenvalue weighted by Gasteiger charge is -2.14. The minimum Gasteiger partial charge on any atom is -0.455 e. The number of rotatable bonds is 4. The van der Waals surface area contributed by atoms with Gasteiger partial charge in [-0.15, -0.1) is 11.3 Å². The Morgan fingerprint density at radius 2 is 0.983 bits per heavy atom. The maximum absolute atomic E-state index is 6.69. The maximum Gasteiger partial charge on any atom is 0.143 e. The first kappa shape index (κ1) is 31.8. The third-order valence-corrected chi connectivity index (χ3v) is 13.3. The Kier molecular flexibility index (Phi) is 6.60. The van der Waals surface area contributed by atoms with Crippen molar-refractivity contribution >= 4 is 97.1 Å². The number of nitrogens with zero attached hydrogens (tertiary/aromatic N) is 2. The van der Waals surface area contributed by atoms with Gasteiger partial charge in [-0.1, -0.05) is 140 Å². The highest BCUT2D eigenvalue weighted by Crippen LogP contribution is 2.47. The predicted octanol–water partition coefficient (Wildman–Crippen LogP) is 15.5. The van der Waals surface area contributed by atoms with E-state index in [-0.39, 0.29) is 0 Å². The van der Waals surface area contributed by atoms with Crippen LogP contribution in [0.5, 0.6) is 0 Å². The zero-order chi connectivity index (χ0) is 37.9. The number of hydrogen-bond donors (Lipinski definition) is 0. The van der Waals surface area contributed by atoms with Gasteiger partial charge in [0, 0.05) is 80.6 Å².